The highest BCUT2D eigenvalue weighted by Crippen LogP contribution is 2.52. The topological polar surface area (TPSA) is 50.4 Å². The monoisotopic (exact) mass is 341 g/mol. The van der Waals surface area contributed by atoms with Crippen molar-refractivity contribution in [3.8, 4) is 0 Å². The molecule has 4 nitrogen and oxygen atoms in total. The molecule has 0 spiro atoms. The zero-order valence-corrected chi connectivity index (χ0v) is 14.4. The van der Waals surface area contributed by atoms with Gasteiger partial charge in [-0.25, -0.2) is 0 Å². The smallest absolute Gasteiger partial charge is 0.164 e. The van der Waals surface area contributed by atoms with E-state index in [1.165, 1.54) is 5.56 Å². The Morgan fingerprint density at radius 2 is 1.96 bits per heavy atom. The first-order valence-electron chi connectivity index (χ1n) is 8.37. The summed E-state index contributed by atoms with van der Waals surface area (Å²) in [6, 6.07) is 12.2. The molecule has 0 saturated heterocycles. The van der Waals surface area contributed by atoms with E-state index in [1.54, 1.807) is 0 Å². The fraction of sp³-hybridized carbons (Fsp3) is 0.368. The summed E-state index contributed by atoms with van der Waals surface area (Å²) in [4.78, 5) is 0. The molecule has 24 heavy (non-hydrogen) atoms. The minimum absolute atomic E-state index is 0.0487. The van der Waals surface area contributed by atoms with Crippen molar-refractivity contribution in [2.75, 3.05) is 0 Å². The van der Waals surface area contributed by atoms with Gasteiger partial charge in [0.15, 0.2) is 5.65 Å². The van der Waals surface area contributed by atoms with Crippen LogP contribution in [0.15, 0.2) is 42.6 Å². The van der Waals surface area contributed by atoms with E-state index in [-0.39, 0.29) is 11.5 Å². The van der Waals surface area contributed by atoms with Crippen molar-refractivity contribution in [3.63, 3.8) is 0 Å². The minimum Gasteiger partial charge on any atom is -0.393 e. The number of nitrogens with zero attached hydrogens (tertiary/aromatic N) is 3. The number of hydrogen-bond donors (Lipinski definition) is 1. The van der Waals surface area contributed by atoms with Gasteiger partial charge in [-0.05, 0) is 61.9 Å². The second kappa shape index (κ2) is 5.87. The lowest BCUT2D eigenvalue weighted by atomic mass is 9.95. The quantitative estimate of drug-likeness (QED) is 0.768. The summed E-state index contributed by atoms with van der Waals surface area (Å²) in [5.41, 5.74) is 3.22. The van der Waals surface area contributed by atoms with Crippen LogP contribution in [-0.2, 0) is 11.8 Å². The molecule has 0 aliphatic heterocycles. The van der Waals surface area contributed by atoms with Crippen LogP contribution in [0.4, 0.5) is 0 Å². The number of halogens is 1. The second-order valence-corrected chi connectivity index (χ2v) is 7.16. The van der Waals surface area contributed by atoms with Gasteiger partial charge in [-0.1, -0.05) is 29.8 Å². The van der Waals surface area contributed by atoms with Crippen LogP contribution in [0.5, 0.6) is 0 Å². The Bertz CT molecular complexity index is 866. The number of fused-ring (bicyclic) bond motifs is 1. The lowest BCUT2D eigenvalue weighted by molar-refractivity contribution is 0.185. The highest BCUT2D eigenvalue weighted by Gasteiger charge is 2.49. The van der Waals surface area contributed by atoms with Crippen molar-refractivity contribution >= 4 is 17.2 Å². The molecule has 1 fully saturated rings. The SMILES string of the molecule is CC(O)CCc1cccn2c(C3(c4ccc(Cl)cc4)CC3)nnc12. The van der Waals surface area contributed by atoms with Gasteiger partial charge in [-0.3, -0.25) is 4.40 Å². The lowest BCUT2D eigenvalue weighted by Crippen LogP contribution is -2.13. The van der Waals surface area contributed by atoms with Crippen LogP contribution in [-0.4, -0.2) is 25.8 Å². The maximum absolute atomic E-state index is 9.55. The molecule has 1 aromatic carbocycles. The molecule has 5 heteroatoms. The van der Waals surface area contributed by atoms with Crippen LogP contribution >= 0.6 is 11.6 Å². The van der Waals surface area contributed by atoms with E-state index in [2.05, 4.69) is 32.8 Å². The van der Waals surface area contributed by atoms with E-state index in [0.717, 1.165) is 47.7 Å². The van der Waals surface area contributed by atoms with Crippen molar-refractivity contribution in [3.05, 3.63) is 64.6 Å². The molecule has 0 amide bonds. The van der Waals surface area contributed by atoms with Crippen LogP contribution < -0.4 is 0 Å². The van der Waals surface area contributed by atoms with Crippen LogP contribution in [0.2, 0.25) is 5.02 Å². The number of pyridine rings is 1. The molecule has 1 aliphatic rings. The Hall–Kier alpha value is -1.91. The number of benzene rings is 1. The van der Waals surface area contributed by atoms with Crippen LogP contribution in [0, 0.1) is 0 Å². The van der Waals surface area contributed by atoms with E-state index in [4.69, 9.17) is 11.6 Å². The van der Waals surface area contributed by atoms with Crippen LogP contribution in [0.25, 0.3) is 5.65 Å². The fourth-order valence-electron chi connectivity index (χ4n) is 3.39. The Kier molecular flexibility index (Phi) is 3.82. The standard InChI is InChI=1S/C19H20ClN3O/c1-13(24)4-5-14-3-2-12-23-17(14)21-22-18(23)19(10-11-19)15-6-8-16(20)9-7-15/h2-3,6-9,12-13,24H,4-5,10-11H2,1H3. The lowest BCUT2D eigenvalue weighted by Gasteiger charge is -2.14. The first kappa shape index (κ1) is 15.6. The summed E-state index contributed by atoms with van der Waals surface area (Å²) in [5, 5.41) is 19.3. The summed E-state index contributed by atoms with van der Waals surface area (Å²) in [6.45, 7) is 1.81. The number of aryl methyl sites for hydroxylation is 1. The maximum Gasteiger partial charge on any atom is 0.164 e. The molecule has 1 N–H and O–H groups in total. The first-order chi connectivity index (χ1) is 11.6. The number of aliphatic hydroxyl groups excluding tert-OH is 1. The van der Waals surface area contributed by atoms with Gasteiger partial charge in [-0.2, -0.15) is 0 Å². The zero-order chi connectivity index (χ0) is 16.7. The summed E-state index contributed by atoms with van der Waals surface area (Å²) in [5.74, 6) is 0.999. The number of rotatable bonds is 5. The summed E-state index contributed by atoms with van der Waals surface area (Å²) < 4.78 is 2.11. The third-order valence-corrected chi connectivity index (χ3v) is 5.17. The van der Waals surface area contributed by atoms with Gasteiger partial charge >= 0.3 is 0 Å². The van der Waals surface area contributed by atoms with Crippen molar-refractivity contribution in [2.45, 2.75) is 44.1 Å². The van der Waals surface area contributed by atoms with Crippen LogP contribution in [0.3, 0.4) is 0 Å². The van der Waals surface area contributed by atoms with Crippen LogP contribution in [0.1, 0.15) is 43.1 Å². The third kappa shape index (κ3) is 2.60. The van der Waals surface area contributed by atoms with Gasteiger partial charge in [0.1, 0.15) is 5.82 Å². The summed E-state index contributed by atoms with van der Waals surface area (Å²) in [7, 11) is 0. The largest absolute Gasteiger partial charge is 0.393 e. The Morgan fingerprint density at radius 1 is 1.21 bits per heavy atom. The third-order valence-electron chi connectivity index (χ3n) is 4.92. The Morgan fingerprint density at radius 3 is 2.62 bits per heavy atom. The molecule has 1 aliphatic carbocycles. The average molecular weight is 342 g/mol. The number of aliphatic hydroxyl groups is 1. The predicted octanol–water partition coefficient (Wildman–Crippen LogP) is 3.78. The fourth-order valence-corrected chi connectivity index (χ4v) is 3.52. The van der Waals surface area contributed by atoms with Crippen molar-refractivity contribution in [2.24, 2.45) is 0 Å². The summed E-state index contributed by atoms with van der Waals surface area (Å²) >= 11 is 6.03. The molecule has 1 atom stereocenters. The minimum atomic E-state index is -0.309. The summed E-state index contributed by atoms with van der Waals surface area (Å²) in [6.07, 6.45) is 5.40. The van der Waals surface area contributed by atoms with Gasteiger partial charge in [-0.15, -0.1) is 10.2 Å². The predicted molar refractivity (Wildman–Crippen MR) is 94.5 cm³/mol. The Labute approximate surface area is 146 Å². The van der Waals surface area contributed by atoms with Gasteiger partial charge in [0.2, 0.25) is 0 Å². The molecular weight excluding hydrogens is 322 g/mol. The normalized spacial score (nSPS) is 17.1. The van der Waals surface area contributed by atoms with E-state index in [9.17, 15) is 5.11 Å². The number of aromatic nitrogens is 3. The van der Waals surface area contributed by atoms with Crippen molar-refractivity contribution in [1.82, 2.24) is 14.6 Å². The molecule has 1 unspecified atom stereocenters. The van der Waals surface area contributed by atoms with Gasteiger partial charge < -0.3 is 5.11 Å². The molecule has 2 heterocycles. The molecule has 0 radical (unpaired) electrons. The average Bonchev–Trinajstić information content (AvgIpc) is 3.25. The Balaban J connectivity index is 1.75. The molecule has 3 aromatic rings. The van der Waals surface area contributed by atoms with Crippen molar-refractivity contribution in [1.29, 1.82) is 0 Å². The van der Waals surface area contributed by atoms with Gasteiger partial charge in [0.25, 0.3) is 0 Å². The zero-order valence-electron chi connectivity index (χ0n) is 13.6. The van der Waals surface area contributed by atoms with Gasteiger partial charge in [0.05, 0.1) is 11.5 Å². The highest BCUT2D eigenvalue weighted by molar-refractivity contribution is 6.30. The maximum atomic E-state index is 9.55. The molecule has 124 valence electrons. The van der Waals surface area contributed by atoms with Crippen molar-refractivity contribution < 1.29 is 5.11 Å². The van der Waals surface area contributed by atoms with E-state index in [1.807, 2.05) is 31.3 Å². The molecule has 1 saturated carbocycles. The molecule has 2 aromatic heterocycles. The van der Waals surface area contributed by atoms with E-state index in [0.29, 0.717) is 0 Å². The van der Waals surface area contributed by atoms with Gasteiger partial charge in [0, 0.05) is 11.2 Å². The molecular formula is C19H20ClN3O. The number of hydrogen-bond acceptors (Lipinski definition) is 3. The van der Waals surface area contributed by atoms with E-state index < -0.39 is 0 Å². The first-order valence-corrected chi connectivity index (χ1v) is 8.75. The highest BCUT2D eigenvalue weighted by atomic mass is 35.5. The second-order valence-electron chi connectivity index (χ2n) is 6.73. The molecule has 0 bridgehead atoms. The van der Waals surface area contributed by atoms with E-state index >= 15 is 0 Å². The molecule has 4 rings (SSSR count).